The van der Waals surface area contributed by atoms with Gasteiger partial charge in [0.25, 0.3) is 0 Å². The van der Waals surface area contributed by atoms with Gasteiger partial charge in [-0.3, -0.25) is 0 Å². The van der Waals surface area contributed by atoms with Gasteiger partial charge >= 0.3 is 0 Å². The number of rotatable bonds is 1. The zero-order chi connectivity index (χ0) is 11.0. The number of hydrogen-bond acceptors (Lipinski definition) is 3. The van der Waals surface area contributed by atoms with E-state index >= 15 is 0 Å². The summed E-state index contributed by atoms with van der Waals surface area (Å²) in [6.07, 6.45) is 0.0512. The molecule has 0 unspecified atom stereocenters. The zero-order valence-corrected chi connectivity index (χ0v) is 8.84. The van der Waals surface area contributed by atoms with E-state index in [0.29, 0.717) is 6.42 Å². The average molecular weight is 206 g/mol. The number of benzene rings is 1. The number of anilines is 1. The molecule has 0 saturated heterocycles. The molecule has 4 nitrogen and oxygen atoms in total. The summed E-state index contributed by atoms with van der Waals surface area (Å²) < 4.78 is 0. The van der Waals surface area contributed by atoms with E-state index in [9.17, 15) is 10.0 Å². The van der Waals surface area contributed by atoms with E-state index in [4.69, 9.17) is 0 Å². The molecule has 0 bridgehead atoms. The molecule has 0 saturated carbocycles. The summed E-state index contributed by atoms with van der Waals surface area (Å²) >= 11 is 0. The van der Waals surface area contributed by atoms with Crippen LogP contribution in [-0.4, -0.2) is 11.1 Å². The van der Waals surface area contributed by atoms with Crippen molar-refractivity contribution in [2.75, 3.05) is 5.01 Å². The van der Waals surface area contributed by atoms with Crippen molar-refractivity contribution in [2.45, 2.75) is 32.4 Å². The van der Waals surface area contributed by atoms with Crippen molar-refractivity contribution in [3.8, 4) is 0 Å². The highest BCUT2D eigenvalue weighted by molar-refractivity contribution is 5.57. The molecule has 1 heterocycles. The summed E-state index contributed by atoms with van der Waals surface area (Å²) in [5.41, 5.74) is 2.60. The van der Waals surface area contributed by atoms with Crippen molar-refractivity contribution in [3.63, 3.8) is 0 Å². The summed E-state index contributed by atoms with van der Waals surface area (Å²) in [6.45, 7) is 3.84. The third-order valence-electron chi connectivity index (χ3n) is 2.86. The molecule has 1 aromatic rings. The molecule has 1 N–H and O–H groups in total. The molecule has 0 spiro atoms. The second-order valence-corrected chi connectivity index (χ2v) is 4.09. The van der Waals surface area contributed by atoms with Crippen LogP contribution in [0.2, 0.25) is 0 Å². The molecule has 1 aliphatic rings. The van der Waals surface area contributed by atoms with Crippen molar-refractivity contribution < 1.29 is 5.11 Å². The van der Waals surface area contributed by atoms with Crippen molar-refractivity contribution in [1.29, 1.82) is 0 Å². The van der Waals surface area contributed by atoms with Crippen molar-refractivity contribution >= 4 is 5.69 Å². The Morgan fingerprint density at radius 3 is 2.93 bits per heavy atom. The third-order valence-corrected chi connectivity index (χ3v) is 2.86. The standard InChI is InChI=1S/C11H14N2O2/c1-7-3-4-10-9(5-7)11(14)6-8(2)13(10)12-15/h3-5,8,11,14H,6H2,1-2H3/t8-,11-/m0/s1. The van der Waals surface area contributed by atoms with Crippen LogP contribution < -0.4 is 5.01 Å². The van der Waals surface area contributed by atoms with Gasteiger partial charge in [0.2, 0.25) is 0 Å². The maximum atomic E-state index is 10.7. The van der Waals surface area contributed by atoms with Gasteiger partial charge in [0.05, 0.1) is 23.1 Å². The van der Waals surface area contributed by atoms with E-state index in [2.05, 4.69) is 5.29 Å². The van der Waals surface area contributed by atoms with Crippen LogP contribution in [0.25, 0.3) is 0 Å². The maximum Gasteiger partial charge on any atom is 0.0831 e. The number of aliphatic hydroxyl groups excluding tert-OH is 1. The third kappa shape index (κ3) is 1.61. The first-order valence-corrected chi connectivity index (χ1v) is 5.04. The number of hydrogen-bond donors (Lipinski definition) is 1. The number of fused-ring (bicyclic) bond motifs is 1. The van der Waals surface area contributed by atoms with Gasteiger partial charge < -0.3 is 5.11 Å². The Morgan fingerprint density at radius 1 is 1.53 bits per heavy atom. The second-order valence-electron chi connectivity index (χ2n) is 4.09. The van der Waals surface area contributed by atoms with Crippen LogP contribution in [0, 0.1) is 11.8 Å². The summed E-state index contributed by atoms with van der Waals surface area (Å²) in [6, 6.07) is 5.62. The number of aryl methyl sites for hydroxylation is 1. The Morgan fingerprint density at radius 2 is 2.27 bits per heavy atom. The lowest BCUT2D eigenvalue weighted by Crippen LogP contribution is -2.34. The molecule has 0 aliphatic carbocycles. The smallest absolute Gasteiger partial charge is 0.0831 e. The fraction of sp³-hybridized carbons (Fsp3) is 0.455. The van der Waals surface area contributed by atoms with Gasteiger partial charge in [0.15, 0.2) is 0 Å². The summed E-state index contributed by atoms with van der Waals surface area (Å²) in [4.78, 5) is 10.7. The Kier molecular flexibility index (Phi) is 2.44. The minimum absolute atomic E-state index is 0.0484. The molecule has 4 heteroatoms. The number of nitroso groups, excluding NO2 is 1. The van der Waals surface area contributed by atoms with Gasteiger partial charge in [0, 0.05) is 5.56 Å². The van der Waals surface area contributed by atoms with Crippen LogP contribution in [0.5, 0.6) is 0 Å². The highest BCUT2D eigenvalue weighted by Crippen LogP contribution is 2.37. The lowest BCUT2D eigenvalue weighted by atomic mass is 9.94. The van der Waals surface area contributed by atoms with Gasteiger partial charge in [0.1, 0.15) is 0 Å². The largest absolute Gasteiger partial charge is 0.388 e. The molecule has 1 aliphatic heterocycles. The summed E-state index contributed by atoms with van der Waals surface area (Å²) in [5.74, 6) is 0. The zero-order valence-electron chi connectivity index (χ0n) is 8.84. The summed E-state index contributed by atoms with van der Waals surface area (Å²) in [5, 5.41) is 14.3. The maximum absolute atomic E-state index is 10.7. The van der Waals surface area contributed by atoms with Crippen LogP contribution in [0.3, 0.4) is 0 Å². The molecule has 80 valence electrons. The Labute approximate surface area is 88.5 Å². The minimum Gasteiger partial charge on any atom is -0.388 e. The van der Waals surface area contributed by atoms with Gasteiger partial charge in [-0.1, -0.05) is 17.7 Å². The second kappa shape index (κ2) is 3.62. The van der Waals surface area contributed by atoms with Crippen LogP contribution >= 0.6 is 0 Å². The lowest BCUT2D eigenvalue weighted by Gasteiger charge is -2.33. The molecule has 0 radical (unpaired) electrons. The first-order chi connectivity index (χ1) is 7.13. The van der Waals surface area contributed by atoms with E-state index < -0.39 is 6.10 Å². The fourth-order valence-corrected chi connectivity index (χ4v) is 2.06. The van der Waals surface area contributed by atoms with Crippen molar-refractivity contribution in [2.24, 2.45) is 5.29 Å². The van der Waals surface area contributed by atoms with Gasteiger partial charge in [-0.25, -0.2) is 5.01 Å². The Bertz CT molecular complexity index is 392. The predicted octanol–water partition coefficient (Wildman–Crippen LogP) is 2.31. The molecule has 0 aromatic heterocycles. The summed E-state index contributed by atoms with van der Waals surface area (Å²) in [7, 11) is 0. The molecular formula is C11H14N2O2. The predicted molar refractivity (Wildman–Crippen MR) is 58.5 cm³/mol. The van der Waals surface area contributed by atoms with Crippen LogP contribution in [0.15, 0.2) is 23.5 Å². The van der Waals surface area contributed by atoms with Crippen molar-refractivity contribution in [3.05, 3.63) is 34.2 Å². The van der Waals surface area contributed by atoms with Gasteiger partial charge in [-0.2, -0.15) is 0 Å². The highest BCUT2D eigenvalue weighted by atomic mass is 16.3. The first kappa shape index (κ1) is 10.1. The average Bonchev–Trinajstić information content (AvgIpc) is 2.19. The Hall–Kier alpha value is -1.42. The lowest BCUT2D eigenvalue weighted by molar-refractivity contribution is 0.151. The molecule has 0 fully saturated rings. The van der Waals surface area contributed by atoms with Gasteiger partial charge in [-0.15, -0.1) is 4.91 Å². The monoisotopic (exact) mass is 206 g/mol. The number of aliphatic hydroxyl groups is 1. The minimum atomic E-state index is -0.493. The SMILES string of the molecule is Cc1ccc2c(c1)[C@@H](O)C[C@H](C)N2N=O. The topological polar surface area (TPSA) is 52.9 Å². The molecular weight excluding hydrogens is 192 g/mol. The highest BCUT2D eigenvalue weighted by Gasteiger charge is 2.29. The molecule has 0 amide bonds. The van der Waals surface area contributed by atoms with E-state index in [1.54, 1.807) is 0 Å². The van der Waals surface area contributed by atoms with E-state index in [0.717, 1.165) is 16.8 Å². The van der Waals surface area contributed by atoms with Crippen LogP contribution in [0.1, 0.15) is 30.6 Å². The van der Waals surface area contributed by atoms with Crippen LogP contribution in [0.4, 0.5) is 5.69 Å². The van der Waals surface area contributed by atoms with Crippen molar-refractivity contribution in [1.82, 2.24) is 0 Å². The Balaban J connectivity index is 2.53. The van der Waals surface area contributed by atoms with E-state index in [-0.39, 0.29) is 6.04 Å². The molecule has 15 heavy (non-hydrogen) atoms. The molecule has 1 aromatic carbocycles. The molecule has 2 rings (SSSR count). The first-order valence-electron chi connectivity index (χ1n) is 5.04. The van der Waals surface area contributed by atoms with E-state index in [1.807, 2.05) is 32.0 Å². The normalized spacial score (nSPS) is 24.9. The fourth-order valence-electron chi connectivity index (χ4n) is 2.06. The van der Waals surface area contributed by atoms with Crippen LogP contribution in [-0.2, 0) is 0 Å². The quantitative estimate of drug-likeness (QED) is 0.717. The van der Waals surface area contributed by atoms with E-state index in [1.165, 1.54) is 5.01 Å². The van der Waals surface area contributed by atoms with Gasteiger partial charge in [-0.05, 0) is 26.3 Å². The molecule has 2 atom stereocenters. The number of nitrogens with zero attached hydrogens (tertiary/aromatic N) is 2.